The van der Waals surface area contributed by atoms with Crippen molar-refractivity contribution in [3.63, 3.8) is 0 Å². The first-order valence-electron chi connectivity index (χ1n) is 13.1. The minimum Gasteiger partial charge on any atom is -0.348 e. The Kier molecular flexibility index (Phi) is 9.01. The topological polar surface area (TPSA) is 70.2 Å². The largest absolute Gasteiger partial charge is 0.416 e. The molecule has 3 heterocycles. The normalized spacial score (nSPS) is 16.8. The summed E-state index contributed by atoms with van der Waals surface area (Å²) in [6.07, 6.45) is 2.56. The molecule has 1 aliphatic heterocycles. The van der Waals surface area contributed by atoms with Crippen molar-refractivity contribution < 1.29 is 18.0 Å². The molecule has 1 amide bonds. The number of halogens is 3. The summed E-state index contributed by atoms with van der Waals surface area (Å²) >= 11 is 0. The Morgan fingerprint density at radius 1 is 1.13 bits per heavy atom. The lowest BCUT2D eigenvalue weighted by molar-refractivity contribution is -0.137. The van der Waals surface area contributed by atoms with Gasteiger partial charge in [0.1, 0.15) is 5.82 Å². The van der Waals surface area contributed by atoms with Gasteiger partial charge in [-0.3, -0.25) is 9.78 Å². The molecule has 9 heteroatoms. The van der Waals surface area contributed by atoms with Crippen LogP contribution in [0.2, 0.25) is 0 Å². The number of benzene rings is 1. The van der Waals surface area contributed by atoms with Crippen molar-refractivity contribution in [1.82, 2.24) is 20.2 Å². The third kappa shape index (κ3) is 7.89. The molecule has 39 heavy (non-hydrogen) atoms. The fourth-order valence-corrected chi connectivity index (χ4v) is 4.70. The summed E-state index contributed by atoms with van der Waals surface area (Å²) in [5.74, 6) is 0.437. The molecule has 1 fully saturated rings. The maximum Gasteiger partial charge on any atom is 0.416 e. The molecule has 4 rings (SSSR count). The van der Waals surface area contributed by atoms with Crippen LogP contribution < -0.4 is 10.6 Å². The van der Waals surface area contributed by atoms with Gasteiger partial charge in [-0.1, -0.05) is 18.2 Å². The Hall–Kier alpha value is -3.72. The number of carbonyl (C=O) groups excluding carboxylic acids is 1. The first kappa shape index (κ1) is 28.3. The smallest absolute Gasteiger partial charge is 0.348 e. The molecule has 0 unspecified atom stereocenters. The van der Waals surface area contributed by atoms with Gasteiger partial charge in [0, 0.05) is 54.4 Å². The fraction of sp³-hybridized carbons (Fsp3) is 0.367. The number of nitrogens with one attached hydrogen (secondary N) is 2. The number of anilines is 2. The second kappa shape index (κ2) is 12.4. The van der Waals surface area contributed by atoms with Gasteiger partial charge in [0.2, 0.25) is 5.91 Å². The van der Waals surface area contributed by atoms with Gasteiger partial charge in [0.05, 0.1) is 5.56 Å². The van der Waals surface area contributed by atoms with Crippen molar-refractivity contribution >= 4 is 23.5 Å². The van der Waals surface area contributed by atoms with E-state index in [-0.39, 0.29) is 18.4 Å². The highest BCUT2D eigenvalue weighted by molar-refractivity contribution is 5.98. The number of likely N-dealkylation sites (tertiary alicyclic amines) is 1. The van der Waals surface area contributed by atoms with Crippen LogP contribution in [0, 0.1) is 12.8 Å². The van der Waals surface area contributed by atoms with E-state index in [1.54, 1.807) is 18.5 Å². The van der Waals surface area contributed by atoms with Crippen LogP contribution >= 0.6 is 0 Å². The zero-order valence-corrected chi connectivity index (χ0v) is 22.4. The van der Waals surface area contributed by atoms with Gasteiger partial charge in [0.25, 0.3) is 0 Å². The van der Waals surface area contributed by atoms with E-state index in [4.69, 9.17) is 0 Å². The highest BCUT2D eigenvalue weighted by Crippen LogP contribution is 2.31. The average Bonchev–Trinajstić information content (AvgIpc) is 2.91. The summed E-state index contributed by atoms with van der Waals surface area (Å²) in [5, 5.41) is 6.23. The summed E-state index contributed by atoms with van der Waals surface area (Å²) in [7, 11) is 0. The van der Waals surface area contributed by atoms with Gasteiger partial charge in [-0.25, -0.2) is 4.98 Å². The van der Waals surface area contributed by atoms with E-state index >= 15 is 0 Å². The van der Waals surface area contributed by atoms with Crippen LogP contribution in [0.15, 0.2) is 66.5 Å². The van der Waals surface area contributed by atoms with E-state index in [1.165, 1.54) is 12.1 Å². The van der Waals surface area contributed by atoms with E-state index in [2.05, 4.69) is 39.3 Å². The number of aromatic nitrogens is 2. The minimum atomic E-state index is -4.40. The Labute approximate surface area is 227 Å². The quantitative estimate of drug-likeness (QED) is 0.327. The highest BCUT2D eigenvalue weighted by Gasteiger charge is 2.30. The summed E-state index contributed by atoms with van der Waals surface area (Å²) in [6, 6.07) is 12.8. The maximum absolute atomic E-state index is 13.4. The van der Waals surface area contributed by atoms with Gasteiger partial charge < -0.3 is 15.5 Å². The van der Waals surface area contributed by atoms with Crippen molar-refractivity contribution in [2.75, 3.05) is 18.4 Å². The second-order valence-electron chi connectivity index (χ2n) is 10.2. The van der Waals surface area contributed by atoms with Crippen molar-refractivity contribution in [1.29, 1.82) is 0 Å². The number of hydrogen-bond donors (Lipinski definition) is 2. The SMILES string of the molecule is Cc1cc(Nc2ccc(CNC(=O)C(=Cc3ccc(C(F)(F)F)cc3)[C@@H]3CCCN(C(C)C)C3)cn2)ccn1. The van der Waals surface area contributed by atoms with Crippen LogP contribution in [0.3, 0.4) is 0 Å². The summed E-state index contributed by atoms with van der Waals surface area (Å²) in [6.45, 7) is 8.15. The number of rotatable bonds is 8. The van der Waals surface area contributed by atoms with E-state index in [9.17, 15) is 18.0 Å². The molecular formula is C30H34F3N5O. The molecule has 2 N–H and O–H groups in total. The van der Waals surface area contributed by atoms with Gasteiger partial charge in [-0.2, -0.15) is 13.2 Å². The Morgan fingerprint density at radius 2 is 1.90 bits per heavy atom. The predicted octanol–water partition coefficient (Wildman–Crippen LogP) is 6.37. The lowest BCUT2D eigenvalue weighted by Gasteiger charge is -2.36. The molecule has 0 bridgehead atoms. The third-order valence-electron chi connectivity index (χ3n) is 6.89. The molecule has 3 aromatic rings. The van der Waals surface area contributed by atoms with Gasteiger partial charge >= 0.3 is 6.18 Å². The van der Waals surface area contributed by atoms with Crippen molar-refractivity contribution in [3.8, 4) is 0 Å². The number of piperidine rings is 1. The highest BCUT2D eigenvalue weighted by atomic mass is 19.4. The number of alkyl halides is 3. The fourth-order valence-electron chi connectivity index (χ4n) is 4.70. The van der Waals surface area contributed by atoms with Crippen molar-refractivity contribution in [3.05, 3.63) is 88.9 Å². The number of nitrogens with zero attached hydrogens (tertiary/aromatic N) is 3. The molecule has 6 nitrogen and oxygen atoms in total. The molecule has 0 saturated carbocycles. The van der Waals surface area contributed by atoms with Crippen LogP contribution in [-0.4, -0.2) is 39.9 Å². The minimum absolute atomic E-state index is 0.0167. The Morgan fingerprint density at radius 3 is 2.54 bits per heavy atom. The van der Waals surface area contributed by atoms with E-state index in [1.807, 2.05) is 31.2 Å². The first-order chi connectivity index (χ1) is 18.6. The van der Waals surface area contributed by atoms with Crippen LogP contribution in [0.1, 0.15) is 49.1 Å². The van der Waals surface area contributed by atoms with Crippen LogP contribution in [0.4, 0.5) is 24.7 Å². The Balaban J connectivity index is 1.48. The molecular weight excluding hydrogens is 503 g/mol. The molecule has 206 valence electrons. The molecule has 0 radical (unpaired) electrons. The molecule has 1 aliphatic rings. The van der Waals surface area contributed by atoms with Crippen molar-refractivity contribution in [2.45, 2.75) is 52.4 Å². The average molecular weight is 538 g/mol. The standard InChI is InChI=1S/C30H34F3N5O/c1-20(2)38-14-4-5-24(19-38)27(16-22-6-9-25(10-7-22)30(31,32)33)29(39)36-18-23-8-11-28(35-17-23)37-26-12-13-34-21(3)15-26/h6-13,15-17,20,24H,4-5,14,18-19H2,1-3H3,(H,36,39)(H,34,35,37)/t24-/m1/s1. The molecule has 0 spiro atoms. The molecule has 2 aromatic heterocycles. The summed E-state index contributed by atoms with van der Waals surface area (Å²) in [4.78, 5) is 24.4. The van der Waals surface area contributed by atoms with Crippen LogP contribution in [0.5, 0.6) is 0 Å². The third-order valence-corrected chi connectivity index (χ3v) is 6.89. The van der Waals surface area contributed by atoms with E-state index in [0.717, 1.165) is 55.0 Å². The van der Waals surface area contributed by atoms with E-state index < -0.39 is 11.7 Å². The number of hydrogen-bond acceptors (Lipinski definition) is 5. The first-order valence-corrected chi connectivity index (χ1v) is 13.1. The number of aryl methyl sites for hydroxylation is 1. The number of carbonyl (C=O) groups is 1. The van der Waals surface area contributed by atoms with Gasteiger partial charge in [0.15, 0.2) is 0 Å². The van der Waals surface area contributed by atoms with E-state index in [0.29, 0.717) is 23.0 Å². The zero-order valence-electron chi connectivity index (χ0n) is 22.4. The lowest BCUT2D eigenvalue weighted by atomic mass is 9.87. The van der Waals surface area contributed by atoms with Crippen LogP contribution in [0.25, 0.3) is 6.08 Å². The predicted molar refractivity (Wildman–Crippen MR) is 147 cm³/mol. The summed E-state index contributed by atoms with van der Waals surface area (Å²) < 4.78 is 39.1. The molecule has 1 atom stereocenters. The monoisotopic (exact) mass is 537 g/mol. The Bertz CT molecular complexity index is 1290. The van der Waals surface area contributed by atoms with Crippen molar-refractivity contribution in [2.24, 2.45) is 5.92 Å². The molecule has 1 aromatic carbocycles. The summed E-state index contributed by atoms with van der Waals surface area (Å²) in [5.41, 5.74) is 3.06. The number of amides is 1. The number of pyridine rings is 2. The molecule has 1 saturated heterocycles. The molecule has 0 aliphatic carbocycles. The zero-order chi connectivity index (χ0) is 28.0. The lowest BCUT2D eigenvalue weighted by Crippen LogP contribution is -2.42. The van der Waals surface area contributed by atoms with Gasteiger partial charge in [-0.05, 0) is 87.7 Å². The maximum atomic E-state index is 13.4. The second-order valence-corrected chi connectivity index (χ2v) is 10.2. The van der Waals surface area contributed by atoms with Gasteiger partial charge in [-0.15, -0.1) is 0 Å². The van der Waals surface area contributed by atoms with Crippen LogP contribution in [-0.2, 0) is 17.5 Å².